The van der Waals surface area contributed by atoms with Gasteiger partial charge in [-0.15, -0.1) is 11.6 Å². The van der Waals surface area contributed by atoms with Crippen molar-refractivity contribution in [3.63, 3.8) is 0 Å². The molecule has 1 fully saturated rings. The minimum atomic E-state index is -0.853. The number of β-lactam (4-membered cyclic amide) rings is 1. The molecule has 8 aromatic rings. The zero-order valence-electron chi connectivity index (χ0n) is 23.8. The average molecular weight is 611 g/mol. The third-order valence-electron chi connectivity index (χ3n) is 8.71. The number of pyridine rings is 1. The lowest BCUT2D eigenvalue weighted by Gasteiger charge is -2.41. The van der Waals surface area contributed by atoms with Crippen molar-refractivity contribution in [2.45, 2.75) is 18.3 Å². The fourth-order valence-corrected chi connectivity index (χ4v) is 7.00. The highest BCUT2D eigenvalue weighted by Crippen LogP contribution is 2.47. The van der Waals surface area contributed by atoms with E-state index < -0.39 is 11.4 Å². The number of aromatic amines is 2. The maximum absolute atomic E-state index is 14.1. The van der Waals surface area contributed by atoms with Gasteiger partial charge in [-0.2, -0.15) is 0 Å². The predicted molar refractivity (Wildman–Crippen MR) is 175 cm³/mol. The van der Waals surface area contributed by atoms with Gasteiger partial charge in [0.25, 0.3) is 11.5 Å². The molecule has 1 saturated heterocycles. The van der Waals surface area contributed by atoms with E-state index in [1.54, 1.807) is 6.07 Å². The summed E-state index contributed by atoms with van der Waals surface area (Å²) in [7, 11) is 0. The molecule has 5 heterocycles. The van der Waals surface area contributed by atoms with Crippen molar-refractivity contribution in [3.05, 3.63) is 119 Å². The summed E-state index contributed by atoms with van der Waals surface area (Å²) >= 11 is 6.77. The van der Waals surface area contributed by atoms with E-state index in [0.29, 0.717) is 10.9 Å². The first-order valence-corrected chi connectivity index (χ1v) is 15.0. The molecule has 45 heavy (non-hydrogen) atoms. The molecule has 9 nitrogen and oxygen atoms in total. The topological polar surface area (TPSA) is 113 Å². The number of rotatable bonds is 4. The number of nitrogens with zero attached hydrogens (tertiary/aromatic N) is 4. The molecule has 0 radical (unpaired) electrons. The number of halogens is 1. The molecule has 1 aliphatic heterocycles. The van der Waals surface area contributed by atoms with Crippen LogP contribution in [0.2, 0.25) is 0 Å². The summed E-state index contributed by atoms with van der Waals surface area (Å²) in [6.45, 7) is 2.00. The molecule has 0 aliphatic carbocycles. The summed E-state index contributed by atoms with van der Waals surface area (Å²) in [5.74, 6) is -0.361. The molecule has 2 unspecified atom stereocenters. The predicted octanol–water partition coefficient (Wildman–Crippen LogP) is 7.16. The highest BCUT2D eigenvalue weighted by atomic mass is 35.5. The van der Waals surface area contributed by atoms with Gasteiger partial charge < -0.3 is 14.4 Å². The van der Waals surface area contributed by atoms with Crippen LogP contribution >= 0.6 is 11.6 Å². The van der Waals surface area contributed by atoms with Crippen molar-refractivity contribution in [2.75, 3.05) is 4.90 Å². The van der Waals surface area contributed by atoms with Crippen molar-refractivity contribution in [1.29, 1.82) is 0 Å². The number of alkyl halides is 1. The Bertz CT molecular complexity index is 2540. The van der Waals surface area contributed by atoms with Crippen molar-refractivity contribution >= 4 is 67.1 Å². The standard InChI is InChI=1S/C35H23ClN6O3/c1-18-15-16-25-23(17-18)30-29(38-25)20-11-5-6-12-21(20)32(43)41(30)34-39-40-35(45-34)42-31(27(36)33(42)44)26-22-13-7-8-14-24(22)37-28(26)19-9-3-2-4-10-19/h2-17,27,31,37-38H,1H3. The third kappa shape index (κ3) is 3.61. The first kappa shape index (κ1) is 25.8. The van der Waals surface area contributed by atoms with Crippen LogP contribution < -0.4 is 10.5 Å². The Morgan fingerprint density at radius 1 is 0.756 bits per heavy atom. The van der Waals surface area contributed by atoms with E-state index in [1.807, 2.05) is 97.9 Å². The molecule has 218 valence electrons. The molecule has 4 aromatic carbocycles. The number of anilines is 1. The molecular formula is C35H23ClN6O3. The molecular weight excluding hydrogens is 588 g/mol. The number of nitrogens with one attached hydrogen (secondary N) is 2. The second-order valence-electron chi connectivity index (χ2n) is 11.3. The van der Waals surface area contributed by atoms with Crippen LogP contribution in [-0.2, 0) is 4.79 Å². The lowest BCUT2D eigenvalue weighted by Crippen LogP contribution is -2.56. The zero-order valence-corrected chi connectivity index (χ0v) is 24.5. The van der Waals surface area contributed by atoms with Gasteiger partial charge in [0.2, 0.25) is 0 Å². The number of hydrogen-bond donors (Lipinski definition) is 2. The summed E-state index contributed by atoms with van der Waals surface area (Å²) in [6, 6.07) is 30.6. The van der Waals surface area contributed by atoms with Crippen molar-refractivity contribution in [1.82, 2.24) is 24.7 Å². The maximum atomic E-state index is 14.1. The Hall–Kier alpha value is -5.67. The van der Waals surface area contributed by atoms with E-state index in [4.69, 9.17) is 16.0 Å². The number of para-hydroxylation sites is 1. The lowest BCUT2D eigenvalue weighted by atomic mass is 9.89. The Labute approximate surface area is 259 Å². The van der Waals surface area contributed by atoms with Crippen LogP contribution in [0.4, 0.5) is 6.01 Å². The number of H-pyrrole nitrogens is 2. The van der Waals surface area contributed by atoms with Crippen LogP contribution in [0.5, 0.6) is 0 Å². The van der Waals surface area contributed by atoms with E-state index >= 15 is 0 Å². The number of amides is 1. The number of aromatic nitrogens is 5. The molecule has 10 heteroatoms. The molecule has 2 atom stereocenters. The monoisotopic (exact) mass is 610 g/mol. The van der Waals surface area contributed by atoms with E-state index in [1.165, 1.54) is 9.47 Å². The van der Waals surface area contributed by atoms with Gasteiger partial charge in [-0.3, -0.25) is 14.5 Å². The van der Waals surface area contributed by atoms with Gasteiger partial charge in [-0.05, 0) is 36.8 Å². The number of aryl methyl sites for hydroxylation is 1. The van der Waals surface area contributed by atoms with E-state index in [-0.39, 0.29) is 23.5 Å². The zero-order chi connectivity index (χ0) is 30.4. The third-order valence-corrected chi connectivity index (χ3v) is 9.14. The van der Waals surface area contributed by atoms with Crippen LogP contribution in [0.1, 0.15) is 17.2 Å². The normalized spacial score (nSPS) is 16.8. The molecule has 1 amide bonds. The first-order chi connectivity index (χ1) is 22.0. The number of hydrogen-bond acceptors (Lipinski definition) is 5. The summed E-state index contributed by atoms with van der Waals surface area (Å²) < 4.78 is 7.66. The van der Waals surface area contributed by atoms with Crippen LogP contribution in [-0.4, -0.2) is 36.0 Å². The molecule has 1 aliphatic rings. The Morgan fingerprint density at radius 3 is 2.27 bits per heavy atom. The molecule has 4 aromatic heterocycles. The van der Waals surface area contributed by atoms with E-state index in [2.05, 4.69) is 20.2 Å². The highest BCUT2D eigenvalue weighted by Gasteiger charge is 2.52. The van der Waals surface area contributed by atoms with Gasteiger partial charge in [-0.1, -0.05) is 88.6 Å². The fourth-order valence-electron chi connectivity index (χ4n) is 6.65. The molecule has 0 saturated carbocycles. The van der Waals surface area contributed by atoms with E-state index in [9.17, 15) is 9.59 Å². The van der Waals surface area contributed by atoms with Gasteiger partial charge in [0, 0.05) is 38.1 Å². The van der Waals surface area contributed by atoms with Gasteiger partial charge in [0.15, 0.2) is 0 Å². The maximum Gasteiger partial charge on any atom is 0.331 e. The second kappa shape index (κ2) is 9.41. The molecule has 0 bridgehead atoms. The summed E-state index contributed by atoms with van der Waals surface area (Å²) in [4.78, 5) is 35.9. The minimum Gasteiger partial charge on any atom is -0.388 e. The largest absolute Gasteiger partial charge is 0.388 e. The van der Waals surface area contributed by atoms with Crippen molar-refractivity contribution in [3.8, 4) is 17.3 Å². The Morgan fingerprint density at radius 2 is 1.44 bits per heavy atom. The quantitative estimate of drug-likeness (QED) is 0.162. The number of benzene rings is 4. The summed E-state index contributed by atoms with van der Waals surface area (Å²) in [5.41, 5.74) is 6.58. The number of carbonyl (C=O) groups is 1. The average Bonchev–Trinajstić information content (AvgIpc) is 3.80. The molecule has 9 rings (SSSR count). The Balaban J connectivity index is 1.24. The van der Waals surface area contributed by atoms with Crippen molar-refractivity contribution in [2.24, 2.45) is 0 Å². The first-order valence-electron chi connectivity index (χ1n) is 14.5. The van der Waals surface area contributed by atoms with Gasteiger partial charge in [0.1, 0.15) is 5.38 Å². The lowest BCUT2D eigenvalue weighted by molar-refractivity contribution is -0.124. The van der Waals surface area contributed by atoms with E-state index in [0.717, 1.165) is 55.1 Å². The smallest absolute Gasteiger partial charge is 0.331 e. The minimum absolute atomic E-state index is 0.0366. The van der Waals surface area contributed by atoms with Crippen LogP contribution in [0, 0.1) is 6.92 Å². The SMILES string of the molecule is Cc1ccc2[nH]c3c4ccccc4c(=O)n(-c4nnc(N5C(=O)C(Cl)C5c5c(-c6ccccc6)[nH]c6ccccc56)o4)c3c2c1. The van der Waals surface area contributed by atoms with Gasteiger partial charge >= 0.3 is 12.0 Å². The highest BCUT2D eigenvalue weighted by molar-refractivity contribution is 6.37. The van der Waals surface area contributed by atoms with Crippen LogP contribution in [0.15, 0.2) is 106 Å². The van der Waals surface area contributed by atoms with Gasteiger partial charge in [-0.25, -0.2) is 4.57 Å². The number of carbonyl (C=O) groups excluding carboxylic acids is 1. The second-order valence-corrected chi connectivity index (χ2v) is 11.8. The number of fused-ring (bicyclic) bond motifs is 6. The van der Waals surface area contributed by atoms with Crippen molar-refractivity contribution < 1.29 is 9.21 Å². The molecule has 2 N–H and O–H groups in total. The Kier molecular flexibility index (Phi) is 5.40. The summed E-state index contributed by atoms with van der Waals surface area (Å²) in [5, 5.41) is 10.8. The molecule has 0 spiro atoms. The summed E-state index contributed by atoms with van der Waals surface area (Å²) in [6.07, 6.45) is 0. The van der Waals surface area contributed by atoms with Crippen LogP contribution in [0.3, 0.4) is 0 Å². The van der Waals surface area contributed by atoms with Gasteiger partial charge in [0.05, 0.1) is 22.8 Å². The van der Waals surface area contributed by atoms with Crippen LogP contribution in [0.25, 0.3) is 60.9 Å². The fraction of sp³-hybridized carbons (Fsp3) is 0.0857.